The normalized spacial score (nSPS) is 26.6. The first-order chi connectivity index (χ1) is 20.3. The summed E-state index contributed by atoms with van der Waals surface area (Å²) in [4.78, 5) is 0. The molecule has 0 amide bonds. The molecule has 1 unspecified atom stereocenters. The van der Waals surface area contributed by atoms with E-state index in [2.05, 4.69) is 24.3 Å². The van der Waals surface area contributed by atoms with Crippen molar-refractivity contribution in [3.05, 3.63) is 108 Å². The maximum Gasteiger partial charge on any atom is 0.186 e. The molecule has 6 atom stereocenters. The topological polar surface area (TPSA) is 64.6 Å². The fraction of sp³-hybridized carbons (Fsp3) is 0.471. The largest absolute Gasteiger partial charge is 0.374 e. The van der Waals surface area contributed by atoms with Gasteiger partial charge in [0.05, 0.1) is 45.2 Å². The van der Waals surface area contributed by atoms with Gasteiger partial charge in [0.25, 0.3) is 0 Å². The summed E-state index contributed by atoms with van der Waals surface area (Å²) in [5, 5.41) is 0. The number of hydrogen-bond acceptors (Lipinski definition) is 7. The molecular formula is C34H42O7. The zero-order valence-corrected chi connectivity index (χ0v) is 23.8. The second-order valence-corrected chi connectivity index (χ2v) is 10.6. The van der Waals surface area contributed by atoms with Crippen molar-refractivity contribution in [3.63, 3.8) is 0 Å². The van der Waals surface area contributed by atoms with E-state index in [0.29, 0.717) is 33.0 Å². The van der Waals surface area contributed by atoms with Crippen molar-refractivity contribution in [2.24, 2.45) is 5.92 Å². The van der Waals surface area contributed by atoms with E-state index in [-0.39, 0.29) is 24.4 Å². The molecule has 3 aromatic carbocycles. The van der Waals surface area contributed by atoms with Crippen LogP contribution < -0.4 is 0 Å². The highest BCUT2D eigenvalue weighted by Gasteiger charge is 2.48. The molecule has 7 heteroatoms. The van der Waals surface area contributed by atoms with E-state index >= 15 is 0 Å². The SMILES string of the molecule is CO[C@H]1O[C@H](COCc2ccccc2)[C@@H](COC2CCCCO2)[C@H](OCc2ccccc2)[C@H]1OCc1ccccc1. The van der Waals surface area contributed by atoms with Crippen molar-refractivity contribution in [3.8, 4) is 0 Å². The zero-order valence-electron chi connectivity index (χ0n) is 23.8. The summed E-state index contributed by atoms with van der Waals surface area (Å²) >= 11 is 0. The van der Waals surface area contributed by atoms with Crippen LogP contribution in [0.5, 0.6) is 0 Å². The lowest BCUT2D eigenvalue weighted by molar-refractivity contribution is -0.314. The number of ether oxygens (including phenoxy) is 7. The average Bonchev–Trinajstić information content (AvgIpc) is 3.04. The van der Waals surface area contributed by atoms with Gasteiger partial charge in [-0.3, -0.25) is 0 Å². The lowest BCUT2D eigenvalue weighted by Gasteiger charge is -2.46. The monoisotopic (exact) mass is 562 g/mol. The molecule has 0 aromatic heterocycles. The Bertz CT molecular complexity index is 1110. The summed E-state index contributed by atoms with van der Waals surface area (Å²) in [7, 11) is 1.65. The standard InChI is InChI=1S/C34H42O7/c1-35-34-33(40-23-28-17-9-4-10-18-28)32(39-22-27-15-7-3-8-16-27)29(24-38-31-19-11-12-20-37-31)30(41-34)25-36-21-26-13-5-2-6-14-26/h2-10,13-18,29-34H,11-12,19-25H2,1H3/t29-,30-,31?,32+,33-,34+/m1/s1. The Kier molecular flexibility index (Phi) is 11.7. The minimum absolute atomic E-state index is 0.174. The Morgan fingerprint density at radius 2 is 1.24 bits per heavy atom. The van der Waals surface area contributed by atoms with Gasteiger partial charge in [-0.15, -0.1) is 0 Å². The van der Waals surface area contributed by atoms with E-state index in [0.717, 1.165) is 42.6 Å². The molecule has 41 heavy (non-hydrogen) atoms. The fourth-order valence-corrected chi connectivity index (χ4v) is 5.37. The van der Waals surface area contributed by atoms with Gasteiger partial charge >= 0.3 is 0 Å². The van der Waals surface area contributed by atoms with Gasteiger partial charge < -0.3 is 33.2 Å². The van der Waals surface area contributed by atoms with Crippen LogP contribution in [0, 0.1) is 5.92 Å². The van der Waals surface area contributed by atoms with E-state index in [1.807, 2.05) is 66.7 Å². The molecule has 0 saturated carbocycles. The molecule has 0 spiro atoms. The van der Waals surface area contributed by atoms with E-state index < -0.39 is 12.4 Å². The molecular weight excluding hydrogens is 520 g/mol. The highest BCUT2D eigenvalue weighted by molar-refractivity contribution is 5.15. The summed E-state index contributed by atoms with van der Waals surface area (Å²) in [6, 6.07) is 30.4. The highest BCUT2D eigenvalue weighted by atomic mass is 16.7. The molecule has 0 N–H and O–H groups in total. The van der Waals surface area contributed by atoms with Gasteiger partial charge in [0.2, 0.25) is 0 Å². The van der Waals surface area contributed by atoms with Crippen LogP contribution in [0.25, 0.3) is 0 Å². The third-order valence-electron chi connectivity index (χ3n) is 7.61. The van der Waals surface area contributed by atoms with Crippen LogP contribution in [0.3, 0.4) is 0 Å². The summed E-state index contributed by atoms with van der Waals surface area (Å²) in [5.74, 6) is -0.174. The maximum atomic E-state index is 6.69. The first kappa shape index (κ1) is 29.9. The van der Waals surface area contributed by atoms with Crippen LogP contribution >= 0.6 is 0 Å². The molecule has 2 fully saturated rings. The number of rotatable bonds is 14. The average molecular weight is 563 g/mol. The van der Waals surface area contributed by atoms with Crippen LogP contribution in [0.1, 0.15) is 36.0 Å². The van der Waals surface area contributed by atoms with Gasteiger partial charge in [-0.25, -0.2) is 0 Å². The van der Waals surface area contributed by atoms with Gasteiger partial charge in [-0.1, -0.05) is 91.0 Å². The van der Waals surface area contributed by atoms with Gasteiger partial charge in [-0.05, 0) is 36.0 Å². The molecule has 0 radical (unpaired) electrons. The van der Waals surface area contributed by atoms with E-state index in [1.165, 1.54) is 0 Å². The van der Waals surface area contributed by atoms with Crippen molar-refractivity contribution in [1.82, 2.24) is 0 Å². The lowest BCUT2D eigenvalue weighted by Crippen LogP contribution is -2.59. The second kappa shape index (κ2) is 16.1. The maximum absolute atomic E-state index is 6.69. The van der Waals surface area contributed by atoms with Crippen LogP contribution in [0.4, 0.5) is 0 Å². The molecule has 0 bridgehead atoms. The minimum atomic E-state index is -0.632. The molecule has 7 nitrogen and oxygen atoms in total. The molecule has 0 aliphatic carbocycles. The molecule has 5 rings (SSSR count). The van der Waals surface area contributed by atoms with Crippen molar-refractivity contribution in [2.75, 3.05) is 26.9 Å². The third-order valence-corrected chi connectivity index (χ3v) is 7.61. The fourth-order valence-electron chi connectivity index (χ4n) is 5.37. The minimum Gasteiger partial charge on any atom is -0.374 e. The Labute approximate surface area is 243 Å². The van der Waals surface area contributed by atoms with Gasteiger partial charge in [0, 0.05) is 19.6 Å². The van der Waals surface area contributed by atoms with Crippen LogP contribution in [0.2, 0.25) is 0 Å². The van der Waals surface area contributed by atoms with Gasteiger partial charge in [0.15, 0.2) is 12.6 Å². The highest BCUT2D eigenvalue weighted by Crippen LogP contribution is 2.34. The quantitative estimate of drug-likeness (QED) is 0.242. The van der Waals surface area contributed by atoms with Gasteiger partial charge in [0.1, 0.15) is 6.10 Å². The summed E-state index contributed by atoms with van der Waals surface area (Å²) in [5.41, 5.74) is 3.26. The smallest absolute Gasteiger partial charge is 0.186 e. The van der Waals surface area contributed by atoms with E-state index in [1.54, 1.807) is 7.11 Å². The Balaban J connectivity index is 1.36. The van der Waals surface area contributed by atoms with Crippen LogP contribution in [0.15, 0.2) is 91.0 Å². The van der Waals surface area contributed by atoms with Crippen molar-refractivity contribution in [1.29, 1.82) is 0 Å². The zero-order chi connectivity index (χ0) is 28.1. The molecule has 2 heterocycles. The molecule has 2 aliphatic heterocycles. The Morgan fingerprint density at radius 3 is 1.80 bits per heavy atom. The van der Waals surface area contributed by atoms with Crippen molar-refractivity contribution in [2.45, 2.75) is 70.0 Å². The first-order valence-corrected chi connectivity index (χ1v) is 14.6. The van der Waals surface area contributed by atoms with E-state index in [9.17, 15) is 0 Å². The molecule has 3 aromatic rings. The summed E-state index contributed by atoms with van der Waals surface area (Å²) in [6.07, 6.45) is 1.01. The van der Waals surface area contributed by atoms with E-state index in [4.69, 9.17) is 33.2 Å². The number of methoxy groups -OCH3 is 1. The predicted octanol–water partition coefficient (Wildman–Crippen LogP) is 5.90. The lowest BCUT2D eigenvalue weighted by atomic mass is 9.89. The Morgan fingerprint density at radius 1 is 0.659 bits per heavy atom. The first-order valence-electron chi connectivity index (χ1n) is 14.6. The molecule has 2 saturated heterocycles. The van der Waals surface area contributed by atoms with Gasteiger partial charge in [-0.2, -0.15) is 0 Å². The predicted molar refractivity (Wildman–Crippen MR) is 155 cm³/mol. The molecule has 220 valence electrons. The van der Waals surface area contributed by atoms with Crippen LogP contribution in [-0.2, 0) is 53.0 Å². The van der Waals surface area contributed by atoms with Crippen LogP contribution in [-0.4, -0.2) is 57.8 Å². The number of hydrogen-bond donors (Lipinski definition) is 0. The Hall–Kier alpha value is -2.62. The summed E-state index contributed by atoms with van der Waals surface area (Å²) < 4.78 is 44.0. The van der Waals surface area contributed by atoms with Crippen molar-refractivity contribution < 1.29 is 33.2 Å². The molecule has 2 aliphatic rings. The summed E-state index contributed by atoms with van der Waals surface area (Å²) in [6.45, 7) is 2.81. The second-order valence-electron chi connectivity index (χ2n) is 10.6. The number of benzene rings is 3. The van der Waals surface area contributed by atoms with Crippen molar-refractivity contribution >= 4 is 0 Å². The third kappa shape index (κ3) is 8.93.